The molecule has 2 heterocycles. The molecule has 2 aromatic heterocycles. The number of hydrogen-bond acceptors (Lipinski definition) is 4. The lowest BCUT2D eigenvalue weighted by atomic mass is 10.2. The summed E-state index contributed by atoms with van der Waals surface area (Å²) in [5, 5.41) is 2.81. The molecule has 0 spiro atoms. The van der Waals surface area contributed by atoms with Crippen LogP contribution in [0.4, 0.5) is 11.5 Å². The fraction of sp³-hybridized carbons (Fsp3) is 0.235. The van der Waals surface area contributed by atoms with E-state index in [9.17, 15) is 4.79 Å². The summed E-state index contributed by atoms with van der Waals surface area (Å²) in [6, 6.07) is 9.20. The molecule has 1 amide bonds. The summed E-state index contributed by atoms with van der Waals surface area (Å²) in [6.07, 6.45) is 1.72. The van der Waals surface area contributed by atoms with Crippen molar-refractivity contribution >= 4 is 28.4 Å². The standard InChI is InChI=1S/C17H19N5O/c1-11-19-14-9-12(5-7-15(14)22(11)4)17(23)20-16-8-6-13(10-18-16)21(2)3/h5-10H,1-4H3,(H,18,20,23). The van der Waals surface area contributed by atoms with Gasteiger partial charge in [0, 0.05) is 26.7 Å². The van der Waals surface area contributed by atoms with Crippen LogP contribution in [-0.4, -0.2) is 34.5 Å². The first kappa shape index (κ1) is 15.0. The van der Waals surface area contributed by atoms with Crippen molar-refractivity contribution in [3.63, 3.8) is 0 Å². The number of imidazole rings is 1. The van der Waals surface area contributed by atoms with E-state index in [0.29, 0.717) is 11.4 Å². The van der Waals surface area contributed by atoms with E-state index in [0.717, 1.165) is 22.5 Å². The van der Waals surface area contributed by atoms with Gasteiger partial charge < -0.3 is 14.8 Å². The molecule has 0 unspecified atom stereocenters. The number of carbonyl (C=O) groups excluding carboxylic acids is 1. The van der Waals surface area contributed by atoms with Crippen molar-refractivity contribution in [2.45, 2.75) is 6.92 Å². The molecule has 6 nitrogen and oxygen atoms in total. The van der Waals surface area contributed by atoms with Gasteiger partial charge in [0.1, 0.15) is 11.6 Å². The third kappa shape index (κ3) is 2.88. The largest absolute Gasteiger partial charge is 0.376 e. The van der Waals surface area contributed by atoms with Crippen molar-refractivity contribution < 1.29 is 4.79 Å². The fourth-order valence-corrected chi connectivity index (χ4v) is 2.37. The Morgan fingerprint density at radius 3 is 2.65 bits per heavy atom. The molecule has 3 rings (SSSR count). The number of aromatic nitrogens is 3. The SMILES string of the molecule is Cc1nc2cc(C(=O)Nc3ccc(N(C)C)cn3)ccc2n1C. The highest BCUT2D eigenvalue weighted by Gasteiger charge is 2.11. The highest BCUT2D eigenvalue weighted by atomic mass is 16.1. The summed E-state index contributed by atoms with van der Waals surface area (Å²) in [5.41, 5.74) is 3.36. The summed E-state index contributed by atoms with van der Waals surface area (Å²) < 4.78 is 2.00. The summed E-state index contributed by atoms with van der Waals surface area (Å²) in [4.78, 5) is 23.0. The average Bonchev–Trinajstić information content (AvgIpc) is 2.82. The van der Waals surface area contributed by atoms with Crippen LogP contribution in [0.5, 0.6) is 0 Å². The van der Waals surface area contributed by atoms with Crippen LogP contribution in [0.25, 0.3) is 11.0 Å². The van der Waals surface area contributed by atoms with Gasteiger partial charge in [-0.25, -0.2) is 9.97 Å². The van der Waals surface area contributed by atoms with Crippen LogP contribution in [0, 0.1) is 6.92 Å². The van der Waals surface area contributed by atoms with Gasteiger partial charge in [-0.05, 0) is 37.3 Å². The molecule has 6 heteroatoms. The number of benzene rings is 1. The van der Waals surface area contributed by atoms with Gasteiger partial charge in [-0.2, -0.15) is 0 Å². The van der Waals surface area contributed by atoms with Crippen molar-refractivity contribution in [1.29, 1.82) is 0 Å². The maximum Gasteiger partial charge on any atom is 0.256 e. The van der Waals surface area contributed by atoms with Gasteiger partial charge in [-0.3, -0.25) is 4.79 Å². The molecule has 0 fully saturated rings. The third-order valence-corrected chi connectivity index (χ3v) is 3.87. The van der Waals surface area contributed by atoms with Crippen LogP contribution in [-0.2, 0) is 7.05 Å². The Bertz CT molecular complexity index is 865. The Morgan fingerprint density at radius 2 is 2.00 bits per heavy atom. The number of aryl methyl sites for hydroxylation is 2. The number of nitrogens with one attached hydrogen (secondary N) is 1. The molecule has 118 valence electrons. The average molecular weight is 309 g/mol. The number of hydrogen-bond donors (Lipinski definition) is 1. The van der Waals surface area contributed by atoms with Gasteiger partial charge >= 0.3 is 0 Å². The minimum atomic E-state index is -0.194. The molecule has 23 heavy (non-hydrogen) atoms. The van der Waals surface area contributed by atoms with E-state index in [1.54, 1.807) is 24.4 Å². The fourth-order valence-electron chi connectivity index (χ4n) is 2.37. The molecule has 0 radical (unpaired) electrons. The van der Waals surface area contributed by atoms with Gasteiger partial charge in [0.05, 0.1) is 22.9 Å². The normalized spacial score (nSPS) is 10.8. The maximum absolute atomic E-state index is 12.4. The molecule has 0 saturated carbocycles. The van der Waals surface area contributed by atoms with E-state index < -0.39 is 0 Å². The lowest BCUT2D eigenvalue weighted by molar-refractivity contribution is 0.102. The summed E-state index contributed by atoms with van der Waals surface area (Å²) in [7, 11) is 5.85. The molecule has 0 saturated heterocycles. The minimum absolute atomic E-state index is 0.194. The highest BCUT2D eigenvalue weighted by Crippen LogP contribution is 2.18. The summed E-state index contributed by atoms with van der Waals surface area (Å²) in [6.45, 7) is 1.94. The predicted octanol–water partition coefficient (Wildman–Crippen LogP) is 2.60. The molecule has 1 aromatic carbocycles. The Labute approximate surface area is 134 Å². The summed E-state index contributed by atoms with van der Waals surface area (Å²) >= 11 is 0. The molecule has 0 bridgehead atoms. The van der Waals surface area contributed by atoms with E-state index in [1.807, 2.05) is 49.7 Å². The van der Waals surface area contributed by atoms with Gasteiger partial charge in [0.2, 0.25) is 0 Å². The van der Waals surface area contributed by atoms with Gasteiger partial charge in [0.15, 0.2) is 0 Å². The van der Waals surface area contributed by atoms with E-state index in [-0.39, 0.29) is 5.91 Å². The Balaban J connectivity index is 1.82. The van der Waals surface area contributed by atoms with Crippen LogP contribution in [0.2, 0.25) is 0 Å². The van der Waals surface area contributed by atoms with Crippen LogP contribution < -0.4 is 10.2 Å². The molecular formula is C17H19N5O. The van der Waals surface area contributed by atoms with E-state index in [4.69, 9.17) is 0 Å². The lowest BCUT2D eigenvalue weighted by Gasteiger charge is -2.12. The van der Waals surface area contributed by atoms with Crippen molar-refractivity contribution in [3.8, 4) is 0 Å². The van der Waals surface area contributed by atoms with Gasteiger partial charge in [0.25, 0.3) is 5.91 Å². The van der Waals surface area contributed by atoms with Crippen molar-refractivity contribution in [2.24, 2.45) is 7.05 Å². The van der Waals surface area contributed by atoms with E-state index >= 15 is 0 Å². The quantitative estimate of drug-likeness (QED) is 0.808. The molecule has 0 atom stereocenters. The van der Waals surface area contributed by atoms with E-state index in [2.05, 4.69) is 15.3 Å². The number of carbonyl (C=O) groups is 1. The Hall–Kier alpha value is -2.89. The second kappa shape index (κ2) is 5.72. The first-order chi connectivity index (χ1) is 11.0. The van der Waals surface area contributed by atoms with Gasteiger partial charge in [-0.15, -0.1) is 0 Å². The van der Waals surface area contributed by atoms with Crippen LogP contribution in [0.3, 0.4) is 0 Å². The Kier molecular flexibility index (Phi) is 3.73. The van der Waals surface area contributed by atoms with E-state index in [1.165, 1.54) is 0 Å². The second-order valence-corrected chi connectivity index (χ2v) is 5.67. The lowest BCUT2D eigenvalue weighted by Crippen LogP contribution is -2.14. The maximum atomic E-state index is 12.4. The van der Waals surface area contributed by atoms with Crippen molar-refractivity contribution in [3.05, 3.63) is 47.9 Å². The molecule has 0 aliphatic heterocycles. The minimum Gasteiger partial charge on any atom is -0.376 e. The van der Waals surface area contributed by atoms with Crippen LogP contribution in [0.1, 0.15) is 16.2 Å². The van der Waals surface area contributed by atoms with Crippen LogP contribution >= 0.6 is 0 Å². The Morgan fingerprint density at radius 1 is 1.22 bits per heavy atom. The number of pyridine rings is 1. The summed E-state index contributed by atoms with van der Waals surface area (Å²) in [5.74, 6) is 1.25. The number of fused-ring (bicyclic) bond motifs is 1. The number of rotatable bonds is 3. The number of nitrogens with zero attached hydrogens (tertiary/aromatic N) is 4. The van der Waals surface area contributed by atoms with Gasteiger partial charge in [-0.1, -0.05) is 0 Å². The molecular weight excluding hydrogens is 290 g/mol. The van der Waals surface area contributed by atoms with Crippen LogP contribution in [0.15, 0.2) is 36.5 Å². The van der Waals surface area contributed by atoms with Crippen molar-refractivity contribution in [2.75, 3.05) is 24.3 Å². The smallest absolute Gasteiger partial charge is 0.256 e. The highest BCUT2D eigenvalue weighted by molar-refractivity contribution is 6.05. The second-order valence-electron chi connectivity index (χ2n) is 5.67. The zero-order chi connectivity index (χ0) is 16.6. The zero-order valence-electron chi connectivity index (χ0n) is 13.7. The molecule has 0 aliphatic carbocycles. The topological polar surface area (TPSA) is 63.1 Å². The third-order valence-electron chi connectivity index (χ3n) is 3.87. The molecule has 3 aromatic rings. The molecule has 1 N–H and O–H groups in total. The van der Waals surface area contributed by atoms with Crippen molar-refractivity contribution in [1.82, 2.24) is 14.5 Å². The predicted molar refractivity (Wildman–Crippen MR) is 92.0 cm³/mol. The zero-order valence-corrected chi connectivity index (χ0v) is 13.7. The molecule has 0 aliphatic rings. The number of amides is 1. The number of anilines is 2. The first-order valence-corrected chi connectivity index (χ1v) is 7.33. The first-order valence-electron chi connectivity index (χ1n) is 7.33. The monoisotopic (exact) mass is 309 g/mol.